The van der Waals surface area contributed by atoms with Gasteiger partial charge in [0.2, 0.25) is 17.6 Å². The molecule has 4 amide bonds. The maximum absolute atomic E-state index is 13.9. The number of likely N-dealkylation sites (tertiary alicyclic amines) is 1. The summed E-state index contributed by atoms with van der Waals surface area (Å²) in [5.41, 5.74) is 0.504. The summed E-state index contributed by atoms with van der Waals surface area (Å²) in [4.78, 5) is 71.5. The number of nitrogens with one attached hydrogen (secondary N) is 3. The molecular formula is C27H46N4O7. The molecule has 3 N–H and O–H groups in total. The fourth-order valence-corrected chi connectivity index (χ4v) is 5.21. The summed E-state index contributed by atoms with van der Waals surface area (Å²) in [7, 11) is 0. The van der Waals surface area contributed by atoms with E-state index in [4.69, 9.17) is 9.57 Å². The van der Waals surface area contributed by atoms with Gasteiger partial charge in [-0.2, -0.15) is 0 Å². The lowest BCUT2D eigenvalue weighted by molar-refractivity contribution is -0.148. The molecule has 0 aromatic rings. The molecule has 1 unspecified atom stereocenters. The fourth-order valence-electron chi connectivity index (χ4n) is 5.21. The number of hydrogen-bond donors (Lipinski definition) is 3. The second kappa shape index (κ2) is 11.6. The Morgan fingerprint density at radius 1 is 1.00 bits per heavy atom. The lowest BCUT2D eigenvalue weighted by Gasteiger charge is -2.38. The Morgan fingerprint density at radius 3 is 2.11 bits per heavy atom. The first kappa shape index (κ1) is 31.5. The van der Waals surface area contributed by atoms with Gasteiger partial charge in [0.1, 0.15) is 17.7 Å². The van der Waals surface area contributed by atoms with Crippen molar-refractivity contribution in [3.05, 3.63) is 0 Å². The van der Waals surface area contributed by atoms with E-state index < -0.39 is 52.8 Å². The quantitative estimate of drug-likeness (QED) is 0.286. The van der Waals surface area contributed by atoms with Gasteiger partial charge in [-0.25, -0.2) is 10.3 Å². The van der Waals surface area contributed by atoms with Crippen LogP contribution in [0.25, 0.3) is 0 Å². The number of hydrogen-bond acceptors (Lipinski definition) is 7. The lowest BCUT2D eigenvalue weighted by Crippen LogP contribution is -2.60. The third-order valence-corrected chi connectivity index (χ3v) is 7.28. The van der Waals surface area contributed by atoms with Gasteiger partial charge in [-0.05, 0) is 56.8 Å². The van der Waals surface area contributed by atoms with Gasteiger partial charge in [-0.15, -0.1) is 0 Å². The minimum Gasteiger partial charge on any atom is -0.444 e. The van der Waals surface area contributed by atoms with Crippen LogP contribution in [0.15, 0.2) is 0 Å². The third-order valence-electron chi connectivity index (χ3n) is 7.28. The van der Waals surface area contributed by atoms with Gasteiger partial charge < -0.3 is 20.3 Å². The molecule has 0 bridgehead atoms. The van der Waals surface area contributed by atoms with Crippen LogP contribution in [-0.2, 0) is 28.8 Å². The van der Waals surface area contributed by atoms with Gasteiger partial charge in [0.25, 0.3) is 0 Å². The number of alkyl carbamates (subject to hydrolysis) is 1. The molecule has 0 spiro atoms. The van der Waals surface area contributed by atoms with Crippen LogP contribution in [0.3, 0.4) is 0 Å². The summed E-state index contributed by atoms with van der Waals surface area (Å²) < 4.78 is 5.38. The average molecular weight is 539 g/mol. The minimum absolute atomic E-state index is 0.103. The normalized spacial score (nSPS) is 23.5. The predicted molar refractivity (Wildman–Crippen MR) is 140 cm³/mol. The van der Waals surface area contributed by atoms with Gasteiger partial charge in [0, 0.05) is 6.54 Å². The SMILES string of the molecule is CCC[C@@H](NC(=O)[C@@H]1[C@@H]2C(CN1C(=O)[C@@H](NC(=O)OC(C)(C)C)C(C)(C)C)C2(C)C)C(=O)C(=O)NOCC. The molecule has 11 nitrogen and oxygen atoms in total. The number of hydroxylamine groups is 1. The maximum atomic E-state index is 13.9. The molecule has 0 radical (unpaired) electrons. The Labute approximate surface area is 226 Å². The number of carbonyl (C=O) groups excluding carboxylic acids is 5. The zero-order valence-corrected chi connectivity index (χ0v) is 24.5. The van der Waals surface area contributed by atoms with Gasteiger partial charge in [0.15, 0.2) is 0 Å². The summed E-state index contributed by atoms with van der Waals surface area (Å²) in [6.45, 7) is 18.8. The third kappa shape index (κ3) is 7.24. The Balaban J connectivity index is 2.29. The summed E-state index contributed by atoms with van der Waals surface area (Å²) in [6, 6.07) is -2.84. The molecule has 38 heavy (non-hydrogen) atoms. The molecule has 5 atom stereocenters. The molecule has 2 fully saturated rings. The molecule has 1 aliphatic heterocycles. The number of amides is 4. The van der Waals surface area contributed by atoms with E-state index in [1.807, 2.05) is 27.7 Å². The molecule has 2 rings (SSSR count). The molecule has 1 saturated carbocycles. The Hall–Kier alpha value is -2.69. The van der Waals surface area contributed by atoms with E-state index in [0.29, 0.717) is 13.0 Å². The summed E-state index contributed by atoms with van der Waals surface area (Å²) >= 11 is 0. The maximum Gasteiger partial charge on any atom is 0.408 e. The lowest BCUT2D eigenvalue weighted by atomic mass is 9.85. The first-order valence-corrected chi connectivity index (χ1v) is 13.4. The van der Waals surface area contributed by atoms with Crippen molar-refractivity contribution in [3.63, 3.8) is 0 Å². The summed E-state index contributed by atoms with van der Waals surface area (Å²) in [5, 5.41) is 5.44. The van der Waals surface area contributed by atoms with E-state index in [-0.39, 0.29) is 36.2 Å². The van der Waals surface area contributed by atoms with Crippen molar-refractivity contribution in [3.8, 4) is 0 Å². The molecule has 1 heterocycles. The summed E-state index contributed by atoms with van der Waals surface area (Å²) in [6.07, 6.45) is 0.0907. The van der Waals surface area contributed by atoms with E-state index in [1.54, 1.807) is 27.7 Å². The van der Waals surface area contributed by atoms with E-state index >= 15 is 0 Å². The zero-order chi connectivity index (χ0) is 29.2. The van der Waals surface area contributed by atoms with Gasteiger partial charge in [0.05, 0.1) is 12.6 Å². The van der Waals surface area contributed by atoms with Crippen molar-refractivity contribution < 1.29 is 33.5 Å². The van der Waals surface area contributed by atoms with E-state index in [2.05, 4.69) is 30.0 Å². The topological polar surface area (TPSA) is 143 Å². The first-order valence-electron chi connectivity index (χ1n) is 13.4. The van der Waals surface area contributed by atoms with Crippen LogP contribution in [0.5, 0.6) is 0 Å². The first-order chi connectivity index (χ1) is 17.4. The highest BCUT2D eigenvalue weighted by Gasteiger charge is 2.69. The number of nitrogens with zero attached hydrogens (tertiary/aromatic N) is 1. The number of Topliss-reactive ketones (excluding diaryl/α,β-unsaturated/α-hetero) is 1. The smallest absolute Gasteiger partial charge is 0.408 e. The molecular weight excluding hydrogens is 492 g/mol. The number of ketones is 1. The van der Waals surface area contributed by atoms with Crippen LogP contribution >= 0.6 is 0 Å². The standard InChI is InChI=1S/C27H46N4O7/c1-11-13-16(19(32)22(34)30-37-12-2)28-21(33)18-17-15(27(17,9)10)14-31(18)23(35)20(25(3,4)5)29-24(36)38-26(6,7)8/h15-18,20H,11-14H2,1-10H3,(H,28,33)(H,29,36)(H,30,34)/t15?,16-,17+,18+,20-/m1/s1. The number of ether oxygens (including phenoxy) is 1. The number of fused-ring (bicyclic) bond motifs is 1. The highest BCUT2D eigenvalue weighted by Crippen LogP contribution is 2.65. The molecule has 0 aromatic heterocycles. The van der Waals surface area contributed by atoms with Gasteiger partial charge in [-0.1, -0.05) is 48.0 Å². The highest BCUT2D eigenvalue weighted by molar-refractivity contribution is 6.38. The van der Waals surface area contributed by atoms with Gasteiger partial charge >= 0.3 is 12.0 Å². The Morgan fingerprint density at radius 2 is 1.61 bits per heavy atom. The van der Waals surface area contributed by atoms with Crippen molar-refractivity contribution in [2.45, 2.75) is 106 Å². The predicted octanol–water partition coefficient (Wildman–Crippen LogP) is 2.33. The van der Waals surface area contributed by atoms with Crippen LogP contribution in [-0.4, -0.2) is 71.4 Å². The second-order valence-electron chi connectivity index (χ2n) is 12.9. The average Bonchev–Trinajstić information content (AvgIpc) is 3.11. The molecule has 1 saturated heterocycles. The van der Waals surface area contributed by atoms with E-state index in [0.717, 1.165) is 0 Å². The fraction of sp³-hybridized carbons (Fsp3) is 0.815. The van der Waals surface area contributed by atoms with E-state index in [1.165, 1.54) is 4.90 Å². The zero-order valence-electron chi connectivity index (χ0n) is 24.5. The van der Waals surface area contributed by atoms with Crippen molar-refractivity contribution in [2.24, 2.45) is 22.7 Å². The van der Waals surface area contributed by atoms with Gasteiger partial charge in [-0.3, -0.25) is 24.0 Å². The van der Waals surface area contributed by atoms with Crippen LogP contribution in [0.2, 0.25) is 0 Å². The second-order valence-corrected chi connectivity index (χ2v) is 12.9. The van der Waals surface area contributed by atoms with Crippen molar-refractivity contribution in [1.82, 2.24) is 21.0 Å². The number of piperidine rings is 1. The van der Waals surface area contributed by atoms with Crippen LogP contribution < -0.4 is 16.1 Å². The molecule has 1 aliphatic carbocycles. The largest absolute Gasteiger partial charge is 0.444 e. The van der Waals surface area contributed by atoms with Crippen LogP contribution in [0.1, 0.15) is 82.1 Å². The number of rotatable bonds is 10. The van der Waals surface area contributed by atoms with Crippen molar-refractivity contribution in [2.75, 3.05) is 13.2 Å². The van der Waals surface area contributed by atoms with Crippen molar-refractivity contribution >= 4 is 29.6 Å². The Kier molecular flexibility index (Phi) is 9.62. The molecule has 216 valence electrons. The van der Waals surface area contributed by atoms with Crippen LogP contribution in [0, 0.1) is 22.7 Å². The molecule has 0 aromatic carbocycles. The molecule has 11 heteroatoms. The van der Waals surface area contributed by atoms with E-state index in [9.17, 15) is 24.0 Å². The van der Waals surface area contributed by atoms with Crippen molar-refractivity contribution in [1.29, 1.82) is 0 Å². The minimum atomic E-state index is -1.05. The van der Waals surface area contributed by atoms with Crippen LogP contribution in [0.4, 0.5) is 4.79 Å². The summed E-state index contributed by atoms with van der Waals surface area (Å²) in [5.74, 6) is -2.63. The monoisotopic (exact) mass is 538 g/mol. The Bertz CT molecular complexity index is 935. The number of carbonyl (C=O) groups is 5. The molecule has 2 aliphatic rings. The highest BCUT2D eigenvalue weighted by atomic mass is 16.6.